The molecule has 0 heterocycles. The molecule has 0 unspecified atom stereocenters. The molecular weight excluding hydrogens is 246 g/mol. The minimum absolute atomic E-state index is 0.289. The van der Waals surface area contributed by atoms with Gasteiger partial charge in [-0.25, -0.2) is 0 Å². The lowest BCUT2D eigenvalue weighted by molar-refractivity contribution is 0.199. The lowest BCUT2D eigenvalue weighted by Crippen LogP contribution is -2.18. The first-order valence-corrected chi connectivity index (χ1v) is 5.20. The zero-order valence-electron chi connectivity index (χ0n) is 8.09. The Labute approximate surface area is 92.2 Å². The summed E-state index contributed by atoms with van der Waals surface area (Å²) in [5, 5.41) is 12.5. The van der Waals surface area contributed by atoms with E-state index >= 15 is 0 Å². The molecule has 0 bridgehead atoms. The highest BCUT2D eigenvalue weighted by atomic mass is 79.9. The Morgan fingerprint density at radius 3 is 3.00 bits per heavy atom. The number of phenolic OH excluding ortho intramolecular Hbond substituents is 1. The first-order valence-electron chi connectivity index (χ1n) is 4.41. The van der Waals surface area contributed by atoms with Crippen LogP contribution in [0, 0.1) is 0 Å². The molecule has 0 radical (unpaired) electrons. The maximum Gasteiger partial charge on any atom is 0.115 e. The van der Waals surface area contributed by atoms with Gasteiger partial charge in [-0.2, -0.15) is 0 Å². The summed E-state index contributed by atoms with van der Waals surface area (Å²) in [6, 6.07) is 5.23. The van der Waals surface area contributed by atoms with Crippen LogP contribution >= 0.6 is 15.9 Å². The fourth-order valence-corrected chi connectivity index (χ4v) is 1.48. The number of methoxy groups -OCH3 is 1. The Morgan fingerprint density at radius 1 is 1.50 bits per heavy atom. The average molecular weight is 260 g/mol. The van der Waals surface area contributed by atoms with Gasteiger partial charge in [0.15, 0.2) is 0 Å². The van der Waals surface area contributed by atoms with Gasteiger partial charge in [-0.15, -0.1) is 0 Å². The molecule has 0 amide bonds. The Kier molecular flexibility index (Phi) is 4.93. The number of benzene rings is 1. The largest absolute Gasteiger partial charge is 0.508 e. The lowest BCUT2D eigenvalue weighted by atomic mass is 10.2. The summed E-state index contributed by atoms with van der Waals surface area (Å²) in [6.07, 6.45) is 0. The summed E-state index contributed by atoms with van der Waals surface area (Å²) in [5.41, 5.74) is 1.04. The van der Waals surface area contributed by atoms with Crippen LogP contribution < -0.4 is 5.32 Å². The average Bonchev–Trinajstić information content (AvgIpc) is 2.18. The molecule has 0 atom stereocenters. The van der Waals surface area contributed by atoms with Gasteiger partial charge in [0.1, 0.15) is 5.75 Å². The van der Waals surface area contributed by atoms with Crippen LogP contribution in [0.1, 0.15) is 5.56 Å². The van der Waals surface area contributed by atoms with E-state index in [1.54, 1.807) is 19.2 Å². The minimum Gasteiger partial charge on any atom is -0.508 e. The summed E-state index contributed by atoms with van der Waals surface area (Å²) < 4.78 is 5.91. The molecule has 4 heteroatoms. The first kappa shape index (κ1) is 11.5. The number of aromatic hydroxyl groups is 1. The van der Waals surface area contributed by atoms with Crippen LogP contribution in [0.4, 0.5) is 0 Å². The van der Waals surface area contributed by atoms with Crippen LogP contribution in [-0.4, -0.2) is 25.4 Å². The second kappa shape index (κ2) is 6.01. The van der Waals surface area contributed by atoms with Crippen molar-refractivity contribution >= 4 is 15.9 Å². The first-order chi connectivity index (χ1) is 6.74. The van der Waals surface area contributed by atoms with Crippen LogP contribution in [0.2, 0.25) is 0 Å². The van der Waals surface area contributed by atoms with E-state index in [1.807, 2.05) is 6.07 Å². The molecule has 1 aromatic rings. The van der Waals surface area contributed by atoms with E-state index in [0.717, 1.165) is 23.1 Å². The summed E-state index contributed by atoms with van der Waals surface area (Å²) >= 11 is 3.42. The highest BCUT2D eigenvalue weighted by Crippen LogP contribution is 2.21. The standard InChI is InChI=1S/C10H14BrNO2/c1-14-5-4-12-7-8-6-9(13)2-3-10(8)11/h2-3,6,12-13H,4-5,7H2,1H3. The number of ether oxygens (including phenoxy) is 1. The summed E-state index contributed by atoms with van der Waals surface area (Å²) in [4.78, 5) is 0. The topological polar surface area (TPSA) is 41.5 Å². The summed E-state index contributed by atoms with van der Waals surface area (Å²) in [5.74, 6) is 0.289. The number of phenols is 1. The SMILES string of the molecule is COCCNCc1cc(O)ccc1Br. The van der Waals surface area contributed by atoms with Crippen molar-refractivity contribution in [2.45, 2.75) is 6.54 Å². The van der Waals surface area contributed by atoms with Gasteiger partial charge < -0.3 is 15.2 Å². The number of halogens is 1. The van der Waals surface area contributed by atoms with Crippen molar-refractivity contribution < 1.29 is 9.84 Å². The molecule has 0 saturated carbocycles. The van der Waals surface area contributed by atoms with Crippen molar-refractivity contribution in [2.24, 2.45) is 0 Å². The minimum atomic E-state index is 0.289. The van der Waals surface area contributed by atoms with E-state index in [2.05, 4.69) is 21.2 Å². The Bertz CT molecular complexity index is 291. The molecule has 0 saturated heterocycles. The van der Waals surface area contributed by atoms with Crippen LogP contribution in [-0.2, 0) is 11.3 Å². The van der Waals surface area contributed by atoms with Crippen LogP contribution in [0.25, 0.3) is 0 Å². The van der Waals surface area contributed by atoms with Gasteiger partial charge in [0.2, 0.25) is 0 Å². The summed E-state index contributed by atoms with van der Waals surface area (Å²) in [6.45, 7) is 2.22. The fraction of sp³-hybridized carbons (Fsp3) is 0.400. The smallest absolute Gasteiger partial charge is 0.115 e. The maximum absolute atomic E-state index is 9.27. The molecule has 1 aromatic carbocycles. The van der Waals surface area contributed by atoms with Gasteiger partial charge in [-0.1, -0.05) is 15.9 Å². The lowest BCUT2D eigenvalue weighted by Gasteiger charge is -2.06. The van der Waals surface area contributed by atoms with Crippen molar-refractivity contribution in [1.29, 1.82) is 0 Å². The quantitative estimate of drug-likeness (QED) is 0.794. The zero-order chi connectivity index (χ0) is 10.4. The van der Waals surface area contributed by atoms with Gasteiger partial charge in [-0.05, 0) is 23.8 Å². The molecule has 0 aliphatic carbocycles. The summed E-state index contributed by atoms with van der Waals surface area (Å²) in [7, 11) is 1.67. The van der Waals surface area contributed by atoms with E-state index in [0.29, 0.717) is 6.61 Å². The van der Waals surface area contributed by atoms with Crippen molar-refractivity contribution in [3.8, 4) is 5.75 Å². The van der Waals surface area contributed by atoms with Gasteiger partial charge in [-0.3, -0.25) is 0 Å². The van der Waals surface area contributed by atoms with Crippen molar-refractivity contribution in [3.05, 3.63) is 28.2 Å². The number of hydrogen-bond donors (Lipinski definition) is 2. The van der Waals surface area contributed by atoms with E-state index in [4.69, 9.17) is 4.74 Å². The number of rotatable bonds is 5. The van der Waals surface area contributed by atoms with Gasteiger partial charge in [0.05, 0.1) is 6.61 Å². The van der Waals surface area contributed by atoms with Crippen LogP contribution in [0.15, 0.2) is 22.7 Å². The molecule has 14 heavy (non-hydrogen) atoms. The molecule has 0 aromatic heterocycles. The monoisotopic (exact) mass is 259 g/mol. The van der Waals surface area contributed by atoms with Crippen LogP contribution in [0.3, 0.4) is 0 Å². The van der Waals surface area contributed by atoms with Gasteiger partial charge in [0, 0.05) is 24.7 Å². The third-order valence-corrected chi connectivity index (χ3v) is 2.60. The molecule has 2 N–H and O–H groups in total. The van der Waals surface area contributed by atoms with Crippen LogP contribution in [0.5, 0.6) is 5.75 Å². The third-order valence-electron chi connectivity index (χ3n) is 1.83. The normalized spacial score (nSPS) is 10.4. The fourth-order valence-electron chi connectivity index (χ4n) is 1.09. The molecule has 78 valence electrons. The Balaban J connectivity index is 2.45. The maximum atomic E-state index is 9.27. The van der Waals surface area contributed by atoms with E-state index in [1.165, 1.54) is 0 Å². The highest BCUT2D eigenvalue weighted by molar-refractivity contribution is 9.10. The van der Waals surface area contributed by atoms with E-state index < -0.39 is 0 Å². The highest BCUT2D eigenvalue weighted by Gasteiger charge is 2.00. The number of nitrogens with one attached hydrogen (secondary N) is 1. The Hall–Kier alpha value is -0.580. The van der Waals surface area contributed by atoms with Gasteiger partial charge >= 0.3 is 0 Å². The predicted molar refractivity (Wildman–Crippen MR) is 59.4 cm³/mol. The van der Waals surface area contributed by atoms with Gasteiger partial charge in [0.25, 0.3) is 0 Å². The van der Waals surface area contributed by atoms with Crippen molar-refractivity contribution in [2.75, 3.05) is 20.3 Å². The molecule has 0 aliphatic rings. The third kappa shape index (κ3) is 3.65. The molecule has 3 nitrogen and oxygen atoms in total. The molecular formula is C10H14BrNO2. The zero-order valence-corrected chi connectivity index (χ0v) is 9.67. The van der Waals surface area contributed by atoms with E-state index in [-0.39, 0.29) is 5.75 Å². The molecule has 0 spiro atoms. The molecule has 1 rings (SSSR count). The van der Waals surface area contributed by atoms with Crippen molar-refractivity contribution in [3.63, 3.8) is 0 Å². The molecule has 0 fully saturated rings. The molecule has 0 aliphatic heterocycles. The second-order valence-corrected chi connectivity index (χ2v) is 3.80. The predicted octanol–water partition coefficient (Wildman–Crippen LogP) is 1.89. The van der Waals surface area contributed by atoms with E-state index in [9.17, 15) is 5.11 Å². The van der Waals surface area contributed by atoms with Crippen molar-refractivity contribution in [1.82, 2.24) is 5.32 Å². The second-order valence-electron chi connectivity index (χ2n) is 2.95. The number of hydrogen-bond acceptors (Lipinski definition) is 3. The Morgan fingerprint density at radius 2 is 2.29 bits per heavy atom.